The van der Waals surface area contributed by atoms with Crippen molar-refractivity contribution in [3.8, 4) is 10.6 Å². The van der Waals surface area contributed by atoms with E-state index < -0.39 is 0 Å². The van der Waals surface area contributed by atoms with Gasteiger partial charge in [-0.25, -0.2) is 4.98 Å². The number of rotatable bonds is 4. The number of amides is 1. The van der Waals surface area contributed by atoms with E-state index in [4.69, 9.17) is 0 Å². The van der Waals surface area contributed by atoms with Crippen molar-refractivity contribution in [2.45, 2.75) is 45.2 Å². The summed E-state index contributed by atoms with van der Waals surface area (Å²) < 4.78 is 0. The molecule has 2 unspecified atom stereocenters. The molecule has 23 heavy (non-hydrogen) atoms. The van der Waals surface area contributed by atoms with Crippen LogP contribution in [0.2, 0.25) is 0 Å². The molecule has 0 spiro atoms. The van der Waals surface area contributed by atoms with Gasteiger partial charge in [-0.15, -0.1) is 11.3 Å². The lowest BCUT2D eigenvalue weighted by Gasteiger charge is -2.28. The molecule has 2 aromatic rings. The number of carbonyl (C=O) groups excluding carboxylic acids is 1. The van der Waals surface area contributed by atoms with Gasteiger partial charge in [-0.05, 0) is 33.2 Å². The first kappa shape index (κ1) is 16.1. The van der Waals surface area contributed by atoms with Gasteiger partial charge in [0.15, 0.2) is 0 Å². The number of hydrogen-bond donors (Lipinski definition) is 2. The third kappa shape index (κ3) is 4.39. The van der Waals surface area contributed by atoms with Crippen LogP contribution in [-0.4, -0.2) is 29.5 Å². The van der Waals surface area contributed by atoms with Crippen LogP contribution in [0.3, 0.4) is 0 Å². The Morgan fingerprint density at radius 3 is 2.91 bits per heavy atom. The van der Waals surface area contributed by atoms with Crippen LogP contribution in [0.4, 0.5) is 0 Å². The minimum atomic E-state index is 0.0739. The Bertz CT molecular complexity index is 665. The van der Waals surface area contributed by atoms with E-state index in [2.05, 4.69) is 53.7 Å². The monoisotopic (exact) mass is 329 g/mol. The summed E-state index contributed by atoms with van der Waals surface area (Å²) in [5, 5.41) is 9.50. The molecule has 4 nitrogen and oxygen atoms in total. The maximum absolute atomic E-state index is 12.2. The minimum Gasteiger partial charge on any atom is -0.353 e. The van der Waals surface area contributed by atoms with E-state index in [0.29, 0.717) is 12.5 Å². The van der Waals surface area contributed by atoms with Crippen LogP contribution in [0, 0.1) is 6.92 Å². The van der Waals surface area contributed by atoms with E-state index >= 15 is 0 Å². The zero-order valence-electron chi connectivity index (χ0n) is 13.6. The number of hydrogen-bond acceptors (Lipinski definition) is 4. The van der Waals surface area contributed by atoms with Gasteiger partial charge in [0.1, 0.15) is 5.01 Å². The van der Waals surface area contributed by atoms with Crippen LogP contribution in [0.25, 0.3) is 10.6 Å². The fraction of sp³-hybridized carbons (Fsp3) is 0.444. The molecule has 0 saturated carbocycles. The third-order valence-corrected chi connectivity index (χ3v) is 5.12. The van der Waals surface area contributed by atoms with E-state index in [1.165, 1.54) is 5.56 Å². The van der Waals surface area contributed by atoms with Gasteiger partial charge in [0.05, 0.1) is 12.1 Å². The Labute approximate surface area is 141 Å². The average Bonchev–Trinajstić information content (AvgIpc) is 2.96. The number of thiazole rings is 1. The summed E-state index contributed by atoms with van der Waals surface area (Å²) >= 11 is 1.60. The molecule has 2 atom stereocenters. The van der Waals surface area contributed by atoms with Crippen molar-refractivity contribution in [3.63, 3.8) is 0 Å². The summed E-state index contributed by atoms with van der Waals surface area (Å²) in [6.07, 6.45) is 2.36. The zero-order valence-corrected chi connectivity index (χ0v) is 14.5. The molecular formula is C18H23N3OS. The van der Waals surface area contributed by atoms with Gasteiger partial charge >= 0.3 is 0 Å². The van der Waals surface area contributed by atoms with Crippen molar-refractivity contribution in [2.75, 3.05) is 6.54 Å². The van der Waals surface area contributed by atoms with Crippen LogP contribution in [-0.2, 0) is 11.2 Å². The van der Waals surface area contributed by atoms with Gasteiger partial charge < -0.3 is 10.6 Å². The van der Waals surface area contributed by atoms with Gasteiger partial charge in [0.2, 0.25) is 5.91 Å². The SMILES string of the molecule is Cc1ccc(-c2nc(CC(=O)NC3CCNC(C)C3)cs2)cc1. The second-order valence-corrected chi connectivity index (χ2v) is 7.19. The largest absolute Gasteiger partial charge is 0.353 e. The maximum Gasteiger partial charge on any atom is 0.226 e. The molecular weight excluding hydrogens is 306 g/mol. The summed E-state index contributed by atoms with van der Waals surface area (Å²) in [5.74, 6) is 0.0739. The molecule has 0 bridgehead atoms. The fourth-order valence-corrected chi connectivity index (χ4v) is 3.75. The molecule has 1 amide bonds. The highest BCUT2D eigenvalue weighted by Crippen LogP contribution is 2.24. The quantitative estimate of drug-likeness (QED) is 0.907. The number of aryl methyl sites for hydroxylation is 1. The lowest BCUT2D eigenvalue weighted by atomic mass is 10.0. The first-order valence-electron chi connectivity index (χ1n) is 8.14. The molecule has 2 N–H and O–H groups in total. The predicted octanol–water partition coefficient (Wildman–Crippen LogP) is 2.92. The smallest absolute Gasteiger partial charge is 0.226 e. The molecule has 1 saturated heterocycles. The standard InChI is InChI=1S/C18H23N3OS/c1-12-3-5-14(6-4-12)18-21-16(11-23-18)10-17(22)20-15-7-8-19-13(2)9-15/h3-6,11,13,15,19H,7-10H2,1-2H3,(H,20,22). The topological polar surface area (TPSA) is 54.0 Å². The number of nitrogens with one attached hydrogen (secondary N) is 2. The first-order valence-corrected chi connectivity index (χ1v) is 9.02. The van der Waals surface area contributed by atoms with Crippen molar-refractivity contribution in [1.29, 1.82) is 0 Å². The summed E-state index contributed by atoms with van der Waals surface area (Å²) in [6.45, 7) is 5.20. The number of nitrogens with zero attached hydrogens (tertiary/aromatic N) is 1. The number of carbonyl (C=O) groups is 1. The van der Waals surface area contributed by atoms with Gasteiger partial charge in [-0.3, -0.25) is 4.79 Å². The highest BCUT2D eigenvalue weighted by atomic mass is 32.1. The Kier molecular flexibility index (Phi) is 5.08. The molecule has 1 aromatic heterocycles. The third-order valence-electron chi connectivity index (χ3n) is 4.18. The van der Waals surface area contributed by atoms with Crippen molar-refractivity contribution in [3.05, 3.63) is 40.9 Å². The Morgan fingerprint density at radius 2 is 2.17 bits per heavy atom. The van der Waals surface area contributed by atoms with Crippen molar-refractivity contribution < 1.29 is 4.79 Å². The summed E-state index contributed by atoms with van der Waals surface area (Å²) in [5.41, 5.74) is 3.20. The highest BCUT2D eigenvalue weighted by Gasteiger charge is 2.20. The number of piperidine rings is 1. The Morgan fingerprint density at radius 1 is 1.39 bits per heavy atom. The van der Waals surface area contributed by atoms with Crippen LogP contribution in [0.15, 0.2) is 29.6 Å². The molecule has 3 rings (SSSR count). The minimum absolute atomic E-state index is 0.0739. The van der Waals surface area contributed by atoms with Gasteiger partial charge in [0, 0.05) is 23.0 Å². The molecule has 2 heterocycles. The Hall–Kier alpha value is -1.72. The van der Waals surface area contributed by atoms with Crippen molar-refractivity contribution in [1.82, 2.24) is 15.6 Å². The molecule has 1 aliphatic rings. The highest BCUT2D eigenvalue weighted by molar-refractivity contribution is 7.13. The normalized spacial score (nSPS) is 21.1. The average molecular weight is 329 g/mol. The van der Waals surface area contributed by atoms with Crippen LogP contribution in [0.5, 0.6) is 0 Å². The van der Waals surface area contributed by atoms with E-state index in [-0.39, 0.29) is 11.9 Å². The maximum atomic E-state index is 12.2. The van der Waals surface area contributed by atoms with E-state index in [1.54, 1.807) is 11.3 Å². The first-order chi connectivity index (χ1) is 11.1. The zero-order chi connectivity index (χ0) is 16.2. The summed E-state index contributed by atoms with van der Waals surface area (Å²) in [4.78, 5) is 16.8. The lowest BCUT2D eigenvalue weighted by Crippen LogP contribution is -2.46. The molecule has 122 valence electrons. The van der Waals surface area contributed by atoms with Crippen LogP contribution < -0.4 is 10.6 Å². The van der Waals surface area contributed by atoms with E-state index in [1.807, 2.05) is 5.38 Å². The van der Waals surface area contributed by atoms with Gasteiger partial charge in [-0.1, -0.05) is 29.8 Å². The Balaban J connectivity index is 1.58. The van der Waals surface area contributed by atoms with Gasteiger partial charge in [-0.2, -0.15) is 0 Å². The predicted molar refractivity (Wildman–Crippen MR) is 94.6 cm³/mol. The van der Waals surface area contributed by atoms with Gasteiger partial charge in [0.25, 0.3) is 0 Å². The molecule has 1 aromatic carbocycles. The summed E-state index contributed by atoms with van der Waals surface area (Å²) in [7, 11) is 0. The van der Waals surface area contributed by atoms with E-state index in [9.17, 15) is 4.79 Å². The van der Waals surface area contributed by atoms with Crippen molar-refractivity contribution >= 4 is 17.2 Å². The molecule has 1 aliphatic heterocycles. The van der Waals surface area contributed by atoms with Crippen molar-refractivity contribution in [2.24, 2.45) is 0 Å². The fourth-order valence-electron chi connectivity index (χ4n) is 2.92. The van der Waals surface area contributed by atoms with Crippen LogP contribution in [0.1, 0.15) is 31.0 Å². The molecule has 0 radical (unpaired) electrons. The second-order valence-electron chi connectivity index (χ2n) is 6.33. The lowest BCUT2D eigenvalue weighted by molar-refractivity contribution is -0.121. The number of aromatic nitrogens is 1. The summed E-state index contributed by atoms with van der Waals surface area (Å²) in [6, 6.07) is 9.08. The number of benzene rings is 1. The molecule has 5 heteroatoms. The molecule has 1 fully saturated rings. The van der Waals surface area contributed by atoms with Crippen LogP contribution >= 0.6 is 11.3 Å². The van der Waals surface area contributed by atoms with E-state index in [0.717, 1.165) is 35.7 Å². The second kappa shape index (κ2) is 7.23. The molecule has 0 aliphatic carbocycles.